The summed E-state index contributed by atoms with van der Waals surface area (Å²) in [6.45, 7) is 8.50. The Bertz CT molecular complexity index is 380. The maximum absolute atomic E-state index is 13.6. The van der Waals surface area contributed by atoms with Crippen molar-refractivity contribution < 1.29 is 8.78 Å². The molecule has 0 radical (unpaired) electrons. The zero-order valence-electron chi connectivity index (χ0n) is 11.4. The molecule has 0 amide bonds. The molecule has 0 saturated carbocycles. The number of hydrogen-bond acceptors (Lipinski definition) is 0. The van der Waals surface area contributed by atoms with Gasteiger partial charge in [-0.05, 0) is 35.8 Å². The van der Waals surface area contributed by atoms with Gasteiger partial charge in [0.05, 0.1) is 0 Å². The summed E-state index contributed by atoms with van der Waals surface area (Å²) in [4.78, 5) is 0. The summed E-state index contributed by atoms with van der Waals surface area (Å²) >= 11 is 6.42. The van der Waals surface area contributed by atoms with Crippen molar-refractivity contribution in [2.75, 3.05) is 0 Å². The lowest BCUT2D eigenvalue weighted by Crippen LogP contribution is -2.27. The van der Waals surface area contributed by atoms with Crippen LogP contribution in [0.2, 0.25) is 0 Å². The van der Waals surface area contributed by atoms with Gasteiger partial charge in [-0.25, -0.2) is 8.78 Å². The molecular weight excluding hydrogens is 254 g/mol. The van der Waals surface area contributed by atoms with Crippen LogP contribution in [0, 0.1) is 29.4 Å². The zero-order valence-corrected chi connectivity index (χ0v) is 12.1. The Morgan fingerprint density at radius 1 is 1.06 bits per heavy atom. The Labute approximate surface area is 113 Å². The van der Waals surface area contributed by atoms with Gasteiger partial charge in [-0.2, -0.15) is 0 Å². The van der Waals surface area contributed by atoms with Crippen molar-refractivity contribution in [1.82, 2.24) is 0 Å². The predicted octanol–water partition coefficient (Wildman–Crippen LogP) is 5.04. The molecule has 0 aliphatic carbocycles. The van der Waals surface area contributed by atoms with Gasteiger partial charge in [0.1, 0.15) is 11.6 Å². The zero-order chi connectivity index (χ0) is 13.9. The fraction of sp³-hybridized carbons (Fsp3) is 0.600. The molecule has 1 atom stereocenters. The highest BCUT2D eigenvalue weighted by Gasteiger charge is 2.26. The van der Waals surface area contributed by atoms with Crippen molar-refractivity contribution in [3.05, 3.63) is 35.4 Å². The fourth-order valence-corrected chi connectivity index (χ4v) is 3.39. The quantitative estimate of drug-likeness (QED) is 0.660. The molecule has 1 aromatic carbocycles. The third kappa shape index (κ3) is 3.94. The van der Waals surface area contributed by atoms with Crippen molar-refractivity contribution >= 4 is 11.6 Å². The van der Waals surface area contributed by atoms with E-state index in [9.17, 15) is 8.78 Å². The molecular formula is C15H21ClF2. The van der Waals surface area contributed by atoms with Crippen LogP contribution < -0.4 is 0 Å². The first-order chi connectivity index (χ1) is 8.32. The number of halogens is 3. The highest BCUT2D eigenvalue weighted by molar-refractivity contribution is 6.21. The Kier molecular flexibility index (Phi) is 5.58. The van der Waals surface area contributed by atoms with E-state index < -0.39 is 11.6 Å². The summed E-state index contributed by atoms with van der Waals surface area (Å²) in [5.41, 5.74) is 0.489. The van der Waals surface area contributed by atoms with Gasteiger partial charge < -0.3 is 0 Å². The van der Waals surface area contributed by atoms with E-state index in [0.717, 1.165) is 6.07 Å². The van der Waals surface area contributed by atoms with Gasteiger partial charge in [0, 0.05) is 11.4 Å². The second kappa shape index (κ2) is 6.51. The Morgan fingerprint density at radius 3 is 2.06 bits per heavy atom. The molecule has 0 aromatic heterocycles. The van der Waals surface area contributed by atoms with E-state index in [1.807, 2.05) is 0 Å². The van der Waals surface area contributed by atoms with Crippen molar-refractivity contribution in [2.45, 2.75) is 39.5 Å². The molecule has 0 nitrogen and oxygen atoms in total. The molecule has 1 aromatic rings. The van der Waals surface area contributed by atoms with Crippen LogP contribution in [0.4, 0.5) is 8.78 Å². The summed E-state index contributed by atoms with van der Waals surface area (Å²) in [7, 11) is 0. The molecule has 102 valence electrons. The van der Waals surface area contributed by atoms with Crippen LogP contribution in [0.5, 0.6) is 0 Å². The molecule has 0 aliphatic rings. The van der Waals surface area contributed by atoms with Crippen molar-refractivity contribution in [2.24, 2.45) is 17.8 Å². The normalized spacial score (nSPS) is 13.7. The minimum absolute atomic E-state index is 0.134. The maximum atomic E-state index is 13.6. The van der Waals surface area contributed by atoms with E-state index in [1.165, 1.54) is 12.1 Å². The monoisotopic (exact) mass is 274 g/mol. The van der Waals surface area contributed by atoms with Gasteiger partial charge in [0.2, 0.25) is 0 Å². The second-order valence-electron chi connectivity index (χ2n) is 5.52. The van der Waals surface area contributed by atoms with Gasteiger partial charge in [0.15, 0.2) is 0 Å². The lowest BCUT2D eigenvalue weighted by Gasteiger charge is -2.29. The van der Waals surface area contributed by atoms with Gasteiger partial charge in [-0.3, -0.25) is 0 Å². The Hall–Kier alpha value is -0.630. The van der Waals surface area contributed by atoms with Crippen LogP contribution in [0.1, 0.15) is 33.3 Å². The SMILES string of the molecule is CC(C)C(C(C)C)C(Cl)Cc1ccc(F)cc1F. The van der Waals surface area contributed by atoms with E-state index in [4.69, 9.17) is 11.6 Å². The molecule has 0 N–H and O–H groups in total. The third-order valence-corrected chi connectivity index (χ3v) is 3.83. The lowest BCUT2D eigenvalue weighted by atomic mass is 9.81. The van der Waals surface area contributed by atoms with E-state index in [-0.39, 0.29) is 5.38 Å². The second-order valence-corrected chi connectivity index (χ2v) is 6.08. The Balaban J connectivity index is 2.82. The topological polar surface area (TPSA) is 0 Å². The van der Waals surface area contributed by atoms with Gasteiger partial charge >= 0.3 is 0 Å². The average molecular weight is 275 g/mol. The smallest absolute Gasteiger partial charge is 0.129 e. The molecule has 1 rings (SSSR count). The molecule has 1 unspecified atom stereocenters. The molecule has 0 bridgehead atoms. The van der Waals surface area contributed by atoms with Crippen molar-refractivity contribution in [1.29, 1.82) is 0 Å². The largest absolute Gasteiger partial charge is 0.207 e. The molecule has 0 fully saturated rings. The van der Waals surface area contributed by atoms with E-state index in [1.54, 1.807) is 0 Å². The molecule has 3 heteroatoms. The summed E-state index contributed by atoms with van der Waals surface area (Å²) in [5.74, 6) is 0.140. The van der Waals surface area contributed by atoms with Crippen LogP contribution in [0.25, 0.3) is 0 Å². The Morgan fingerprint density at radius 2 is 1.61 bits per heavy atom. The number of hydrogen-bond donors (Lipinski definition) is 0. The lowest BCUT2D eigenvalue weighted by molar-refractivity contribution is 0.274. The first-order valence-electron chi connectivity index (χ1n) is 6.41. The predicted molar refractivity (Wildman–Crippen MR) is 72.9 cm³/mol. The molecule has 0 heterocycles. The number of alkyl halides is 1. The van der Waals surface area contributed by atoms with E-state index in [0.29, 0.717) is 29.7 Å². The highest BCUT2D eigenvalue weighted by atomic mass is 35.5. The molecule has 0 aliphatic heterocycles. The molecule has 0 spiro atoms. The van der Waals surface area contributed by atoms with Crippen LogP contribution in [-0.2, 0) is 6.42 Å². The molecule has 18 heavy (non-hydrogen) atoms. The van der Waals surface area contributed by atoms with Gasteiger partial charge in [-0.1, -0.05) is 33.8 Å². The minimum atomic E-state index is -0.549. The summed E-state index contributed by atoms with van der Waals surface area (Å²) in [6.07, 6.45) is 0.439. The van der Waals surface area contributed by atoms with E-state index >= 15 is 0 Å². The standard InChI is InChI=1S/C15H21ClF2/c1-9(2)15(10(3)4)13(16)7-11-5-6-12(17)8-14(11)18/h5-6,8-10,13,15H,7H2,1-4H3. The van der Waals surface area contributed by atoms with Crippen LogP contribution in [-0.4, -0.2) is 5.38 Å². The first-order valence-corrected chi connectivity index (χ1v) is 6.84. The molecule has 0 saturated heterocycles. The van der Waals surface area contributed by atoms with Crippen molar-refractivity contribution in [3.8, 4) is 0 Å². The number of rotatable bonds is 5. The van der Waals surface area contributed by atoms with Crippen molar-refractivity contribution in [3.63, 3.8) is 0 Å². The maximum Gasteiger partial charge on any atom is 0.129 e. The number of benzene rings is 1. The van der Waals surface area contributed by atoms with Crippen LogP contribution in [0.15, 0.2) is 18.2 Å². The van der Waals surface area contributed by atoms with Crippen LogP contribution in [0.3, 0.4) is 0 Å². The summed E-state index contributed by atoms with van der Waals surface area (Å²) < 4.78 is 26.4. The summed E-state index contributed by atoms with van der Waals surface area (Å²) in [6, 6.07) is 3.68. The average Bonchev–Trinajstić information content (AvgIpc) is 2.21. The van der Waals surface area contributed by atoms with E-state index in [2.05, 4.69) is 27.7 Å². The minimum Gasteiger partial charge on any atom is -0.207 e. The highest BCUT2D eigenvalue weighted by Crippen LogP contribution is 2.30. The summed E-state index contributed by atoms with van der Waals surface area (Å²) in [5, 5.41) is -0.134. The fourth-order valence-electron chi connectivity index (χ4n) is 2.64. The van der Waals surface area contributed by atoms with Crippen LogP contribution >= 0.6 is 11.6 Å². The first kappa shape index (κ1) is 15.4. The third-order valence-electron chi connectivity index (χ3n) is 3.39. The van der Waals surface area contributed by atoms with Gasteiger partial charge in [-0.15, -0.1) is 11.6 Å². The van der Waals surface area contributed by atoms with Gasteiger partial charge in [0.25, 0.3) is 0 Å².